The van der Waals surface area contributed by atoms with Gasteiger partial charge in [-0.1, -0.05) is 17.7 Å². The van der Waals surface area contributed by atoms with Crippen molar-refractivity contribution in [1.29, 1.82) is 0 Å². The number of benzene rings is 1. The molecular weight excluding hydrogens is 265 g/mol. The van der Waals surface area contributed by atoms with Crippen LogP contribution >= 0.6 is 11.6 Å². The molecule has 2 N–H and O–H groups in total. The Bertz CT molecular complexity index is 548. The van der Waals surface area contributed by atoms with Crippen LogP contribution in [0.15, 0.2) is 42.7 Å². The number of pyridine rings is 1. The lowest BCUT2D eigenvalue weighted by molar-refractivity contribution is 0.627. The summed E-state index contributed by atoms with van der Waals surface area (Å²) >= 11 is 6.16. The van der Waals surface area contributed by atoms with E-state index in [0.717, 1.165) is 17.8 Å². The molecule has 0 amide bonds. The first-order valence-electron chi connectivity index (χ1n) is 6.05. The van der Waals surface area contributed by atoms with Crippen molar-refractivity contribution in [1.82, 2.24) is 4.98 Å². The molecule has 0 unspecified atom stereocenters. The molecule has 3 nitrogen and oxygen atoms in total. The van der Waals surface area contributed by atoms with Crippen LogP contribution in [0.2, 0.25) is 5.02 Å². The van der Waals surface area contributed by atoms with Crippen molar-refractivity contribution in [3.8, 4) is 0 Å². The van der Waals surface area contributed by atoms with E-state index in [1.54, 1.807) is 18.5 Å². The van der Waals surface area contributed by atoms with Crippen molar-refractivity contribution < 1.29 is 4.39 Å². The molecule has 0 saturated carbocycles. The first kappa shape index (κ1) is 13.8. The maximum atomic E-state index is 13.4. The lowest BCUT2D eigenvalue weighted by Crippen LogP contribution is -2.21. The van der Waals surface area contributed by atoms with Gasteiger partial charge in [0.25, 0.3) is 0 Å². The highest BCUT2D eigenvalue weighted by molar-refractivity contribution is 6.33. The Kier molecular flexibility index (Phi) is 4.71. The summed E-state index contributed by atoms with van der Waals surface area (Å²) in [5.74, 6) is -0.277. The van der Waals surface area contributed by atoms with Crippen molar-refractivity contribution in [3.05, 3.63) is 53.6 Å². The number of hydrogen-bond acceptors (Lipinski definition) is 3. The minimum Gasteiger partial charge on any atom is -0.340 e. The molecule has 0 aliphatic heterocycles. The van der Waals surface area contributed by atoms with Crippen LogP contribution < -0.4 is 10.6 Å². The Morgan fingerprint density at radius 3 is 2.84 bits per heavy atom. The van der Waals surface area contributed by atoms with Crippen LogP contribution in [-0.4, -0.2) is 18.1 Å². The van der Waals surface area contributed by atoms with Gasteiger partial charge in [0.2, 0.25) is 0 Å². The second-order valence-electron chi connectivity index (χ2n) is 4.10. The topological polar surface area (TPSA) is 42.1 Å². The molecule has 0 atom stereocenters. The Balaban J connectivity index is 2.38. The maximum absolute atomic E-state index is 13.4. The monoisotopic (exact) mass is 279 g/mol. The van der Waals surface area contributed by atoms with Gasteiger partial charge in [-0.25, -0.2) is 4.39 Å². The number of anilines is 2. The molecule has 5 heteroatoms. The van der Waals surface area contributed by atoms with Crippen LogP contribution in [0.1, 0.15) is 6.42 Å². The molecule has 2 rings (SSSR count). The molecule has 0 spiro atoms. The molecule has 0 saturated heterocycles. The lowest BCUT2D eigenvalue weighted by Gasteiger charge is -2.25. The van der Waals surface area contributed by atoms with Gasteiger partial charge < -0.3 is 10.6 Å². The molecule has 0 aliphatic rings. The summed E-state index contributed by atoms with van der Waals surface area (Å²) in [4.78, 5) is 5.91. The van der Waals surface area contributed by atoms with Crippen molar-refractivity contribution in [2.45, 2.75) is 6.42 Å². The van der Waals surface area contributed by atoms with Gasteiger partial charge in [-0.05, 0) is 37.2 Å². The number of hydrogen-bond donors (Lipinski definition) is 1. The van der Waals surface area contributed by atoms with Gasteiger partial charge in [0, 0.05) is 24.6 Å². The predicted molar refractivity (Wildman–Crippen MR) is 76.3 cm³/mol. The Morgan fingerprint density at radius 2 is 2.16 bits per heavy atom. The normalized spacial score (nSPS) is 10.5. The molecule has 1 aromatic heterocycles. The fraction of sp³-hybridized carbons (Fsp3) is 0.214. The summed E-state index contributed by atoms with van der Waals surface area (Å²) in [6.07, 6.45) is 4.02. The number of nitrogens with zero attached hydrogens (tertiary/aromatic N) is 2. The lowest BCUT2D eigenvalue weighted by atomic mass is 10.2. The largest absolute Gasteiger partial charge is 0.340 e. The Hall–Kier alpha value is -1.65. The van der Waals surface area contributed by atoms with Crippen molar-refractivity contribution in [2.75, 3.05) is 18.0 Å². The zero-order valence-corrected chi connectivity index (χ0v) is 11.1. The molecule has 0 aliphatic carbocycles. The SMILES string of the molecule is NCCCN(c1cccc(F)c1)c1ccncc1Cl. The van der Waals surface area contributed by atoms with E-state index < -0.39 is 0 Å². The Labute approximate surface area is 116 Å². The zero-order chi connectivity index (χ0) is 13.7. The van der Waals surface area contributed by atoms with Gasteiger partial charge in [-0.15, -0.1) is 0 Å². The van der Waals surface area contributed by atoms with Gasteiger partial charge in [0.1, 0.15) is 5.82 Å². The minimum atomic E-state index is -0.277. The first-order valence-corrected chi connectivity index (χ1v) is 6.43. The molecule has 19 heavy (non-hydrogen) atoms. The number of rotatable bonds is 5. The van der Waals surface area contributed by atoms with Crippen LogP contribution in [0.25, 0.3) is 0 Å². The van der Waals surface area contributed by atoms with E-state index in [1.165, 1.54) is 12.1 Å². The molecule has 1 aromatic carbocycles. The Morgan fingerprint density at radius 1 is 1.32 bits per heavy atom. The van der Waals surface area contributed by atoms with Gasteiger partial charge in [0.15, 0.2) is 0 Å². The summed E-state index contributed by atoms with van der Waals surface area (Å²) in [6, 6.07) is 8.22. The number of aromatic nitrogens is 1. The molecule has 0 radical (unpaired) electrons. The third kappa shape index (κ3) is 3.43. The van der Waals surface area contributed by atoms with Crippen molar-refractivity contribution in [3.63, 3.8) is 0 Å². The van der Waals surface area contributed by atoms with Crippen molar-refractivity contribution >= 4 is 23.0 Å². The van der Waals surface area contributed by atoms with Gasteiger partial charge >= 0.3 is 0 Å². The van der Waals surface area contributed by atoms with Crippen LogP contribution in [0.5, 0.6) is 0 Å². The van der Waals surface area contributed by atoms with E-state index in [4.69, 9.17) is 17.3 Å². The zero-order valence-electron chi connectivity index (χ0n) is 10.4. The third-order valence-corrected chi connectivity index (χ3v) is 3.04. The molecule has 0 bridgehead atoms. The van der Waals surface area contributed by atoms with Crippen molar-refractivity contribution in [2.24, 2.45) is 5.73 Å². The highest BCUT2D eigenvalue weighted by Gasteiger charge is 2.12. The smallest absolute Gasteiger partial charge is 0.125 e. The highest BCUT2D eigenvalue weighted by atomic mass is 35.5. The standard InChI is InChI=1S/C14H15ClFN3/c15-13-10-18-7-5-14(13)19(8-2-6-17)12-4-1-3-11(16)9-12/h1,3-5,7,9-10H,2,6,8,17H2. The first-order chi connectivity index (χ1) is 9.22. The van der Waals surface area contributed by atoms with Crippen LogP contribution in [0.4, 0.5) is 15.8 Å². The predicted octanol–water partition coefficient (Wildman–Crippen LogP) is 3.36. The number of nitrogens with two attached hydrogens (primary N) is 1. The van der Waals surface area contributed by atoms with Gasteiger partial charge in [-0.3, -0.25) is 4.98 Å². The molecule has 100 valence electrons. The molecule has 2 aromatic rings. The summed E-state index contributed by atoms with van der Waals surface area (Å²) in [6.45, 7) is 1.23. The fourth-order valence-electron chi connectivity index (χ4n) is 1.87. The van der Waals surface area contributed by atoms with Crippen LogP contribution in [0, 0.1) is 5.82 Å². The molecule has 1 heterocycles. The highest BCUT2D eigenvalue weighted by Crippen LogP contribution is 2.31. The van der Waals surface area contributed by atoms with E-state index in [1.807, 2.05) is 17.0 Å². The summed E-state index contributed by atoms with van der Waals surface area (Å²) < 4.78 is 13.4. The van der Waals surface area contributed by atoms with E-state index >= 15 is 0 Å². The second-order valence-corrected chi connectivity index (χ2v) is 4.51. The summed E-state index contributed by atoms with van der Waals surface area (Å²) in [5, 5.41) is 0.531. The maximum Gasteiger partial charge on any atom is 0.125 e. The van der Waals surface area contributed by atoms with Crippen LogP contribution in [-0.2, 0) is 0 Å². The van der Waals surface area contributed by atoms with Crippen LogP contribution in [0.3, 0.4) is 0 Å². The minimum absolute atomic E-state index is 0.277. The van der Waals surface area contributed by atoms with E-state index in [2.05, 4.69) is 4.98 Å². The van der Waals surface area contributed by atoms with E-state index in [0.29, 0.717) is 18.1 Å². The fourth-order valence-corrected chi connectivity index (χ4v) is 2.09. The number of halogens is 2. The molecular formula is C14H15ClFN3. The van der Waals surface area contributed by atoms with Gasteiger partial charge in [-0.2, -0.15) is 0 Å². The third-order valence-electron chi connectivity index (χ3n) is 2.75. The van der Waals surface area contributed by atoms with E-state index in [-0.39, 0.29) is 5.82 Å². The molecule has 0 fully saturated rings. The van der Waals surface area contributed by atoms with Gasteiger partial charge in [0.05, 0.1) is 10.7 Å². The average molecular weight is 280 g/mol. The quantitative estimate of drug-likeness (QED) is 0.912. The summed E-state index contributed by atoms with van der Waals surface area (Å²) in [5.41, 5.74) is 7.11. The summed E-state index contributed by atoms with van der Waals surface area (Å²) in [7, 11) is 0. The average Bonchev–Trinajstić information content (AvgIpc) is 2.41. The van der Waals surface area contributed by atoms with E-state index in [9.17, 15) is 4.39 Å². The second kappa shape index (κ2) is 6.50.